The summed E-state index contributed by atoms with van der Waals surface area (Å²) in [4.78, 5) is 18.4. The van der Waals surface area contributed by atoms with Gasteiger partial charge in [-0.2, -0.15) is 5.10 Å². The Morgan fingerprint density at radius 2 is 2.32 bits per heavy atom. The van der Waals surface area contributed by atoms with Crippen molar-refractivity contribution in [3.8, 4) is 0 Å². The molecule has 0 radical (unpaired) electrons. The van der Waals surface area contributed by atoms with Crippen LogP contribution in [0.15, 0.2) is 12.7 Å². The molecule has 3 rings (SSSR count). The molecule has 1 aromatic heterocycles. The van der Waals surface area contributed by atoms with E-state index in [-0.39, 0.29) is 11.9 Å². The van der Waals surface area contributed by atoms with E-state index in [1.54, 1.807) is 11.0 Å². The van der Waals surface area contributed by atoms with Crippen LogP contribution in [-0.4, -0.2) is 51.2 Å². The molecule has 6 heteroatoms. The highest BCUT2D eigenvalue weighted by Crippen LogP contribution is 2.31. The molecule has 1 amide bonds. The normalized spacial score (nSPS) is 25.4. The summed E-state index contributed by atoms with van der Waals surface area (Å²) in [6.07, 6.45) is 6.96. The highest BCUT2D eigenvalue weighted by molar-refractivity contribution is 5.79. The quantitative estimate of drug-likeness (QED) is 0.837. The van der Waals surface area contributed by atoms with E-state index in [1.165, 1.54) is 32.1 Å². The lowest BCUT2D eigenvalue weighted by atomic mass is 10.1. The lowest BCUT2D eigenvalue weighted by molar-refractivity contribution is -0.124. The summed E-state index contributed by atoms with van der Waals surface area (Å²) in [5.74, 6) is 0.628. The number of nitrogens with zero attached hydrogens (tertiary/aromatic N) is 4. The van der Waals surface area contributed by atoms with Crippen LogP contribution in [0.5, 0.6) is 0 Å². The predicted molar refractivity (Wildman–Crippen MR) is 70.4 cm³/mol. The first kappa shape index (κ1) is 12.6. The average Bonchev–Trinajstić information content (AvgIpc) is 2.96. The zero-order valence-corrected chi connectivity index (χ0v) is 11.3. The van der Waals surface area contributed by atoms with Gasteiger partial charge < -0.3 is 10.2 Å². The summed E-state index contributed by atoms with van der Waals surface area (Å²) in [7, 11) is 0. The second kappa shape index (κ2) is 5.28. The van der Waals surface area contributed by atoms with Crippen LogP contribution in [0.25, 0.3) is 0 Å². The number of carbonyl (C=O) groups excluding carboxylic acids is 1. The number of hydrogen-bond acceptors (Lipinski definition) is 4. The van der Waals surface area contributed by atoms with Gasteiger partial charge in [-0.1, -0.05) is 0 Å². The maximum atomic E-state index is 12.0. The van der Waals surface area contributed by atoms with E-state index in [0.29, 0.717) is 5.92 Å². The highest BCUT2D eigenvalue weighted by Gasteiger charge is 2.34. The molecule has 2 unspecified atom stereocenters. The standard InChI is InChI=1S/C13H21N5O/c1-10(18-9-14-8-16-18)13(19)15-6-11-4-5-17(7-11)12-2-3-12/h8-12H,2-7H2,1H3,(H,15,19). The average molecular weight is 263 g/mol. The van der Waals surface area contributed by atoms with Crippen molar-refractivity contribution >= 4 is 5.91 Å². The van der Waals surface area contributed by atoms with Gasteiger partial charge in [-0.05, 0) is 38.6 Å². The van der Waals surface area contributed by atoms with Gasteiger partial charge in [0.25, 0.3) is 0 Å². The molecule has 19 heavy (non-hydrogen) atoms. The minimum Gasteiger partial charge on any atom is -0.354 e. The van der Waals surface area contributed by atoms with Crippen LogP contribution in [0.1, 0.15) is 32.2 Å². The third-order valence-electron chi connectivity index (χ3n) is 4.16. The third kappa shape index (κ3) is 2.94. The molecule has 104 valence electrons. The number of nitrogens with one attached hydrogen (secondary N) is 1. The summed E-state index contributed by atoms with van der Waals surface area (Å²) in [5, 5.41) is 7.04. The Morgan fingerprint density at radius 1 is 1.47 bits per heavy atom. The van der Waals surface area contributed by atoms with E-state index in [9.17, 15) is 4.79 Å². The number of hydrogen-bond donors (Lipinski definition) is 1. The van der Waals surface area contributed by atoms with Crippen LogP contribution in [0, 0.1) is 5.92 Å². The van der Waals surface area contributed by atoms with E-state index in [4.69, 9.17) is 0 Å². The van der Waals surface area contributed by atoms with Gasteiger partial charge in [-0.3, -0.25) is 4.79 Å². The van der Waals surface area contributed by atoms with Crippen molar-refractivity contribution in [1.29, 1.82) is 0 Å². The third-order valence-corrected chi connectivity index (χ3v) is 4.16. The molecule has 1 aromatic rings. The fourth-order valence-corrected chi connectivity index (χ4v) is 2.73. The first-order valence-corrected chi connectivity index (χ1v) is 7.10. The Kier molecular flexibility index (Phi) is 3.50. The summed E-state index contributed by atoms with van der Waals surface area (Å²) < 4.78 is 1.58. The van der Waals surface area contributed by atoms with E-state index >= 15 is 0 Å². The Hall–Kier alpha value is -1.43. The second-order valence-corrected chi connectivity index (χ2v) is 5.68. The minimum atomic E-state index is -0.288. The number of likely N-dealkylation sites (tertiary alicyclic amines) is 1. The molecule has 1 saturated heterocycles. The van der Waals surface area contributed by atoms with Crippen molar-refractivity contribution in [2.24, 2.45) is 5.92 Å². The van der Waals surface area contributed by atoms with Gasteiger partial charge >= 0.3 is 0 Å². The smallest absolute Gasteiger partial charge is 0.244 e. The summed E-state index contributed by atoms with van der Waals surface area (Å²) >= 11 is 0. The van der Waals surface area contributed by atoms with Crippen LogP contribution >= 0.6 is 0 Å². The van der Waals surface area contributed by atoms with Crippen molar-refractivity contribution in [2.45, 2.75) is 38.3 Å². The lowest BCUT2D eigenvalue weighted by Gasteiger charge is -2.16. The second-order valence-electron chi connectivity index (χ2n) is 5.68. The minimum absolute atomic E-state index is 0.0235. The van der Waals surface area contributed by atoms with Crippen molar-refractivity contribution in [1.82, 2.24) is 25.0 Å². The number of aromatic nitrogens is 3. The van der Waals surface area contributed by atoms with Gasteiger partial charge in [0.15, 0.2) is 0 Å². The Balaban J connectivity index is 1.43. The molecule has 2 aliphatic rings. The zero-order valence-electron chi connectivity index (χ0n) is 11.3. The van der Waals surface area contributed by atoms with E-state index in [1.807, 2.05) is 6.92 Å². The Labute approximate surface area is 113 Å². The summed E-state index contributed by atoms with van der Waals surface area (Å²) in [5.41, 5.74) is 0. The lowest BCUT2D eigenvalue weighted by Crippen LogP contribution is -2.35. The topological polar surface area (TPSA) is 63.1 Å². The molecule has 0 spiro atoms. The molecular formula is C13H21N5O. The Bertz CT molecular complexity index is 428. The van der Waals surface area contributed by atoms with Crippen molar-refractivity contribution < 1.29 is 4.79 Å². The molecule has 1 aliphatic carbocycles. The molecule has 0 bridgehead atoms. The largest absolute Gasteiger partial charge is 0.354 e. The van der Waals surface area contributed by atoms with Gasteiger partial charge in [0.2, 0.25) is 5.91 Å². The van der Waals surface area contributed by atoms with E-state index in [2.05, 4.69) is 20.3 Å². The summed E-state index contributed by atoms with van der Waals surface area (Å²) in [6, 6.07) is 0.554. The van der Waals surface area contributed by atoms with Gasteiger partial charge in [0.05, 0.1) is 0 Å². The molecule has 2 fully saturated rings. The SMILES string of the molecule is CC(C(=O)NCC1CCN(C2CC2)C1)n1cncn1. The number of carbonyl (C=O) groups is 1. The molecule has 1 aliphatic heterocycles. The molecule has 6 nitrogen and oxygen atoms in total. The number of rotatable bonds is 5. The first-order valence-electron chi connectivity index (χ1n) is 7.10. The fourth-order valence-electron chi connectivity index (χ4n) is 2.73. The van der Waals surface area contributed by atoms with E-state index in [0.717, 1.165) is 19.1 Å². The maximum absolute atomic E-state index is 12.0. The van der Waals surface area contributed by atoms with Gasteiger partial charge in [0, 0.05) is 19.1 Å². The molecule has 2 atom stereocenters. The van der Waals surface area contributed by atoms with Crippen molar-refractivity contribution in [3.63, 3.8) is 0 Å². The van der Waals surface area contributed by atoms with Gasteiger partial charge in [-0.25, -0.2) is 9.67 Å². The van der Waals surface area contributed by atoms with Crippen LogP contribution in [0.3, 0.4) is 0 Å². The Morgan fingerprint density at radius 3 is 3.00 bits per heavy atom. The van der Waals surface area contributed by atoms with Crippen molar-refractivity contribution in [2.75, 3.05) is 19.6 Å². The molecule has 0 aromatic carbocycles. The first-order chi connectivity index (χ1) is 9.24. The number of amides is 1. The fraction of sp³-hybridized carbons (Fsp3) is 0.769. The highest BCUT2D eigenvalue weighted by atomic mass is 16.2. The van der Waals surface area contributed by atoms with Gasteiger partial charge in [-0.15, -0.1) is 0 Å². The zero-order chi connectivity index (χ0) is 13.2. The van der Waals surface area contributed by atoms with Crippen LogP contribution < -0.4 is 5.32 Å². The molecule has 1 saturated carbocycles. The van der Waals surface area contributed by atoms with E-state index < -0.39 is 0 Å². The van der Waals surface area contributed by atoms with Crippen LogP contribution in [0.2, 0.25) is 0 Å². The van der Waals surface area contributed by atoms with Crippen LogP contribution in [0.4, 0.5) is 0 Å². The van der Waals surface area contributed by atoms with Crippen LogP contribution in [-0.2, 0) is 4.79 Å². The molecular weight excluding hydrogens is 242 g/mol. The molecule has 2 heterocycles. The predicted octanol–water partition coefficient (Wildman–Crippen LogP) is 0.440. The summed E-state index contributed by atoms with van der Waals surface area (Å²) in [6.45, 7) is 4.96. The maximum Gasteiger partial charge on any atom is 0.244 e. The molecule has 1 N–H and O–H groups in total. The van der Waals surface area contributed by atoms with Gasteiger partial charge in [0.1, 0.15) is 18.7 Å². The monoisotopic (exact) mass is 263 g/mol. The van der Waals surface area contributed by atoms with Crippen molar-refractivity contribution in [3.05, 3.63) is 12.7 Å².